The summed E-state index contributed by atoms with van der Waals surface area (Å²) in [7, 11) is 3.15. The third kappa shape index (κ3) is 4.19. The van der Waals surface area contributed by atoms with Crippen LogP contribution in [0, 0.1) is 0 Å². The van der Waals surface area contributed by atoms with E-state index in [1.807, 2.05) is 25.1 Å². The minimum absolute atomic E-state index is 0.273. The quantitative estimate of drug-likeness (QED) is 0.585. The fourth-order valence-electron chi connectivity index (χ4n) is 2.21. The highest BCUT2D eigenvalue weighted by Gasteiger charge is 2.15. The van der Waals surface area contributed by atoms with E-state index in [0.29, 0.717) is 41.2 Å². The molecular weight excluding hydrogens is 351 g/mol. The predicted octanol–water partition coefficient (Wildman–Crippen LogP) is 5.37. The number of benzene rings is 2. The molecule has 0 aromatic heterocycles. The second-order valence-corrected chi connectivity index (χ2v) is 5.43. The molecule has 0 fully saturated rings. The van der Waals surface area contributed by atoms with E-state index in [2.05, 4.69) is 0 Å². The van der Waals surface area contributed by atoms with Crippen molar-refractivity contribution >= 4 is 23.2 Å². The Bertz CT molecular complexity index is 689. The highest BCUT2D eigenvalue weighted by Crippen LogP contribution is 2.40. The Hall–Kier alpha value is -1.78. The molecule has 0 radical (unpaired) electrons. The Morgan fingerprint density at radius 2 is 1.50 bits per heavy atom. The van der Waals surface area contributed by atoms with Crippen LogP contribution in [-0.2, 0) is 11.8 Å². The molecule has 0 heterocycles. The number of alkyl halides is 2. The van der Waals surface area contributed by atoms with E-state index < -0.39 is 0 Å². The van der Waals surface area contributed by atoms with Crippen LogP contribution in [0.4, 0.5) is 0 Å². The first kappa shape index (κ1) is 18.6. The molecule has 6 heteroatoms. The van der Waals surface area contributed by atoms with Gasteiger partial charge in [0, 0.05) is 17.5 Å². The highest BCUT2D eigenvalue weighted by atomic mass is 35.5. The maximum absolute atomic E-state index is 6.06. The van der Waals surface area contributed by atoms with Gasteiger partial charge in [-0.25, -0.2) is 0 Å². The lowest BCUT2D eigenvalue weighted by Gasteiger charge is -2.17. The van der Waals surface area contributed by atoms with Gasteiger partial charge >= 0.3 is 0 Å². The van der Waals surface area contributed by atoms with Crippen LogP contribution in [-0.4, -0.2) is 20.8 Å². The van der Waals surface area contributed by atoms with Gasteiger partial charge in [-0.3, -0.25) is 0 Å². The van der Waals surface area contributed by atoms with E-state index in [1.165, 1.54) is 0 Å². The fourth-order valence-corrected chi connectivity index (χ4v) is 2.59. The second-order valence-electron chi connectivity index (χ2n) is 4.90. The molecular formula is C18H20Cl2O4. The fraction of sp³-hybridized carbons (Fsp3) is 0.333. The molecule has 0 atom stereocenters. The molecule has 2 rings (SSSR count). The van der Waals surface area contributed by atoms with E-state index in [4.69, 9.17) is 42.1 Å². The van der Waals surface area contributed by atoms with E-state index in [9.17, 15) is 0 Å². The largest absolute Gasteiger partial charge is 0.493 e. The Morgan fingerprint density at radius 3 is 2.08 bits per heavy atom. The molecule has 0 aliphatic rings. The minimum atomic E-state index is 0.273. The molecule has 24 heavy (non-hydrogen) atoms. The Kier molecular flexibility index (Phi) is 6.88. The summed E-state index contributed by atoms with van der Waals surface area (Å²) < 4.78 is 22.3. The lowest BCUT2D eigenvalue weighted by Crippen LogP contribution is -1.99. The van der Waals surface area contributed by atoms with Gasteiger partial charge in [0.2, 0.25) is 0 Å². The number of hydrogen-bond donors (Lipinski definition) is 0. The van der Waals surface area contributed by atoms with Crippen molar-refractivity contribution in [1.29, 1.82) is 0 Å². The van der Waals surface area contributed by atoms with Gasteiger partial charge in [0.1, 0.15) is 5.75 Å². The summed E-state index contributed by atoms with van der Waals surface area (Å²) in [5.41, 5.74) is 1.72. The van der Waals surface area contributed by atoms with Crippen molar-refractivity contribution in [2.24, 2.45) is 0 Å². The van der Waals surface area contributed by atoms with Gasteiger partial charge in [-0.05, 0) is 30.7 Å². The van der Waals surface area contributed by atoms with Gasteiger partial charge in [0.15, 0.2) is 23.0 Å². The zero-order valence-electron chi connectivity index (χ0n) is 13.9. The second kappa shape index (κ2) is 8.90. The van der Waals surface area contributed by atoms with Crippen molar-refractivity contribution < 1.29 is 18.9 Å². The molecule has 0 N–H and O–H groups in total. The molecule has 0 aliphatic carbocycles. The molecule has 4 nitrogen and oxygen atoms in total. The average molecular weight is 371 g/mol. The zero-order valence-corrected chi connectivity index (χ0v) is 15.4. The molecule has 2 aromatic rings. The van der Waals surface area contributed by atoms with Gasteiger partial charge in [-0.15, -0.1) is 23.2 Å². The first-order valence-corrected chi connectivity index (χ1v) is 8.54. The lowest BCUT2D eigenvalue weighted by molar-refractivity contribution is 0.319. The van der Waals surface area contributed by atoms with Crippen molar-refractivity contribution in [3.05, 3.63) is 41.5 Å². The Labute approximate surface area is 152 Å². The summed E-state index contributed by atoms with van der Waals surface area (Å²) in [5.74, 6) is 3.62. The van der Waals surface area contributed by atoms with E-state index in [0.717, 1.165) is 11.1 Å². The Morgan fingerprint density at radius 1 is 0.792 bits per heavy atom. The molecule has 130 valence electrons. The summed E-state index contributed by atoms with van der Waals surface area (Å²) in [5, 5.41) is 0. The maximum Gasteiger partial charge on any atom is 0.169 e. The van der Waals surface area contributed by atoms with Crippen molar-refractivity contribution in [2.45, 2.75) is 18.7 Å². The first-order chi connectivity index (χ1) is 11.7. The zero-order chi connectivity index (χ0) is 17.5. The van der Waals surface area contributed by atoms with E-state index in [-0.39, 0.29) is 5.88 Å². The summed E-state index contributed by atoms with van der Waals surface area (Å²) in [6.45, 7) is 2.45. The van der Waals surface area contributed by atoms with Crippen LogP contribution in [0.2, 0.25) is 0 Å². The average Bonchev–Trinajstić information content (AvgIpc) is 2.62. The maximum atomic E-state index is 6.06. The molecule has 0 aliphatic heterocycles. The molecule has 0 amide bonds. The van der Waals surface area contributed by atoms with Gasteiger partial charge in [0.25, 0.3) is 0 Å². The number of halogens is 2. The van der Waals surface area contributed by atoms with Gasteiger partial charge < -0.3 is 18.9 Å². The summed E-state index contributed by atoms with van der Waals surface area (Å²) in [4.78, 5) is 0. The SMILES string of the molecule is CCOc1ccc(CCl)cc1Oc1cc(OC)c(OC)cc1CCl. The lowest BCUT2D eigenvalue weighted by atomic mass is 10.2. The van der Waals surface area contributed by atoms with Crippen LogP contribution in [0.5, 0.6) is 28.7 Å². The predicted molar refractivity (Wildman–Crippen MR) is 96.3 cm³/mol. The number of rotatable bonds is 8. The minimum Gasteiger partial charge on any atom is -0.493 e. The van der Waals surface area contributed by atoms with Crippen LogP contribution >= 0.6 is 23.2 Å². The molecule has 0 unspecified atom stereocenters. The van der Waals surface area contributed by atoms with Crippen LogP contribution in [0.3, 0.4) is 0 Å². The van der Waals surface area contributed by atoms with Crippen LogP contribution in [0.25, 0.3) is 0 Å². The third-order valence-electron chi connectivity index (χ3n) is 3.39. The van der Waals surface area contributed by atoms with Crippen molar-refractivity contribution in [1.82, 2.24) is 0 Å². The van der Waals surface area contributed by atoms with Crippen LogP contribution in [0.1, 0.15) is 18.1 Å². The van der Waals surface area contributed by atoms with Gasteiger partial charge in [0.05, 0.1) is 26.7 Å². The summed E-state index contributed by atoms with van der Waals surface area (Å²) >= 11 is 12.0. The smallest absolute Gasteiger partial charge is 0.169 e. The van der Waals surface area contributed by atoms with Crippen molar-refractivity contribution in [3.63, 3.8) is 0 Å². The molecule has 0 spiro atoms. The highest BCUT2D eigenvalue weighted by molar-refractivity contribution is 6.17. The number of methoxy groups -OCH3 is 2. The van der Waals surface area contributed by atoms with Crippen molar-refractivity contribution in [2.75, 3.05) is 20.8 Å². The normalized spacial score (nSPS) is 10.4. The number of ether oxygens (including phenoxy) is 4. The van der Waals surface area contributed by atoms with Crippen LogP contribution in [0.15, 0.2) is 30.3 Å². The van der Waals surface area contributed by atoms with E-state index >= 15 is 0 Å². The summed E-state index contributed by atoms with van der Waals surface area (Å²) in [6.07, 6.45) is 0. The number of hydrogen-bond acceptors (Lipinski definition) is 4. The summed E-state index contributed by atoms with van der Waals surface area (Å²) in [6, 6.07) is 9.15. The van der Waals surface area contributed by atoms with Crippen molar-refractivity contribution in [3.8, 4) is 28.7 Å². The van der Waals surface area contributed by atoms with Gasteiger partial charge in [-0.1, -0.05) is 6.07 Å². The molecule has 0 saturated heterocycles. The molecule has 2 aromatic carbocycles. The van der Waals surface area contributed by atoms with Crippen LogP contribution < -0.4 is 18.9 Å². The molecule has 0 bridgehead atoms. The third-order valence-corrected chi connectivity index (χ3v) is 3.99. The Balaban J connectivity index is 2.46. The van der Waals surface area contributed by atoms with Gasteiger partial charge in [-0.2, -0.15) is 0 Å². The van der Waals surface area contributed by atoms with E-state index in [1.54, 1.807) is 26.4 Å². The molecule has 0 saturated carbocycles. The monoisotopic (exact) mass is 370 g/mol. The first-order valence-electron chi connectivity index (χ1n) is 7.47. The topological polar surface area (TPSA) is 36.9 Å². The standard InChI is InChI=1S/C18H20Cl2O4/c1-4-23-14-6-5-12(10-19)7-18(14)24-15-9-17(22-3)16(21-2)8-13(15)11-20/h5-9H,4,10-11H2,1-3H3.